The Hall–Kier alpha value is -1.59. The van der Waals surface area contributed by atoms with Crippen molar-refractivity contribution in [3.63, 3.8) is 0 Å². The number of fused-ring (bicyclic) bond motifs is 1. The number of aliphatic hydroxyl groups is 2. The second-order valence-corrected chi connectivity index (χ2v) is 5.29. The summed E-state index contributed by atoms with van der Waals surface area (Å²) in [6, 6.07) is 5.63. The summed E-state index contributed by atoms with van der Waals surface area (Å²) in [5.74, 6) is 1.36. The van der Waals surface area contributed by atoms with Crippen LogP contribution in [0.2, 0.25) is 0 Å². The number of hydrogen-bond acceptors (Lipinski definition) is 4. The maximum atomic E-state index is 9.69. The fourth-order valence-corrected chi connectivity index (χ4v) is 2.21. The van der Waals surface area contributed by atoms with Crippen LogP contribution >= 0.6 is 0 Å². The van der Waals surface area contributed by atoms with Crippen molar-refractivity contribution >= 4 is 16.7 Å². The van der Waals surface area contributed by atoms with Gasteiger partial charge in [-0.25, -0.2) is 4.98 Å². The van der Waals surface area contributed by atoms with Crippen molar-refractivity contribution in [3.05, 3.63) is 24.0 Å². The number of nitrogens with zero attached hydrogens (tertiary/aromatic N) is 2. The first-order chi connectivity index (χ1) is 9.02. The number of aliphatic hydroxyl groups excluding tert-OH is 2. The first kappa shape index (κ1) is 13.8. The molecule has 1 aromatic heterocycles. The van der Waals surface area contributed by atoms with Crippen LogP contribution in [0, 0.1) is 5.92 Å². The molecular formula is C14H21N3O2. The summed E-state index contributed by atoms with van der Waals surface area (Å²) in [7, 11) is 0. The summed E-state index contributed by atoms with van der Waals surface area (Å²) >= 11 is 0. The minimum Gasteiger partial charge on any atom is -0.397 e. The Balaban J connectivity index is 2.51. The smallest absolute Gasteiger partial charge is 0.112 e. The first-order valence-electron chi connectivity index (χ1n) is 6.55. The van der Waals surface area contributed by atoms with E-state index in [0.717, 1.165) is 23.3 Å². The van der Waals surface area contributed by atoms with E-state index in [-0.39, 0.29) is 6.61 Å². The Labute approximate surface area is 112 Å². The second kappa shape index (κ2) is 5.59. The van der Waals surface area contributed by atoms with Crippen molar-refractivity contribution in [2.24, 2.45) is 5.92 Å². The van der Waals surface area contributed by atoms with E-state index in [4.69, 9.17) is 10.8 Å². The van der Waals surface area contributed by atoms with Gasteiger partial charge in [-0.2, -0.15) is 0 Å². The molecule has 0 aliphatic carbocycles. The van der Waals surface area contributed by atoms with Gasteiger partial charge in [0.25, 0.3) is 0 Å². The molecule has 104 valence electrons. The molecule has 0 aliphatic rings. The van der Waals surface area contributed by atoms with Crippen LogP contribution in [0.5, 0.6) is 0 Å². The summed E-state index contributed by atoms with van der Waals surface area (Å²) < 4.78 is 1.95. The molecule has 1 unspecified atom stereocenters. The molecule has 5 heteroatoms. The standard InChI is InChI=1S/C14H21N3O2/c1-9(2)6-13-16-14-11(15)4-3-5-12(14)17(13)7-10(19)8-18/h3-5,9-10,18-19H,6-8,15H2,1-2H3. The van der Waals surface area contributed by atoms with Gasteiger partial charge in [-0.15, -0.1) is 0 Å². The Morgan fingerprint density at radius 2 is 2.11 bits per heavy atom. The number of hydrogen-bond donors (Lipinski definition) is 3. The highest BCUT2D eigenvalue weighted by molar-refractivity contribution is 5.87. The van der Waals surface area contributed by atoms with Crippen molar-refractivity contribution in [3.8, 4) is 0 Å². The molecule has 4 N–H and O–H groups in total. The largest absolute Gasteiger partial charge is 0.397 e. The number of anilines is 1. The fraction of sp³-hybridized carbons (Fsp3) is 0.500. The SMILES string of the molecule is CC(C)Cc1nc2c(N)cccc2n1CC(O)CO. The molecule has 0 spiro atoms. The molecule has 2 aromatic rings. The van der Waals surface area contributed by atoms with Crippen molar-refractivity contribution in [2.75, 3.05) is 12.3 Å². The summed E-state index contributed by atoms with van der Waals surface area (Å²) in [6.07, 6.45) is 0.0245. The average molecular weight is 263 g/mol. The summed E-state index contributed by atoms with van der Waals surface area (Å²) in [4.78, 5) is 4.58. The highest BCUT2D eigenvalue weighted by Gasteiger charge is 2.15. The minimum atomic E-state index is -0.787. The first-order valence-corrected chi connectivity index (χ1v) is 6.55. The Kier molecular flexibility index (Phi) is 4.07. The molecule has 0 bridgehead atoms. The fourth-order valence-electron chi connectivity index (χ4n) is 2.21. The number of rotatable bonds is 5. The van der Waals surface area contributed by atoms with E-state index < -0.39 is 6.10 Å². The Morgan fingerprint density at radius 3 is 2.74 bits per heavy atom. The lowest BCUT2D eigenvalue weighted by Crippen LogP contribution is -2.21. The van der Waals surface area contributed by atoms with E-state index in [2.05, 4.69) is 18.8 Å². The molecule has 0 aliphatic heterocycles. The maximum Gasteiger partial charge on any atom is 0.112 e. The highest BCUT2D eigenvalue weighted by Crippen LogP contribution is 2.23. The van der Waals surface area contributed by atoms with Crippen LogP contribution in [0.1, 0.15) is 19.7 Å². The molecule has 0 saturated carbocycles. The number of imidazole rings is 1. The average Bonchev–Trinajstić information content (AvgIpc) is 2.68. The molecule has 0 fully saturated rings. The van der Waals surface area contributed by atoms with Crippen LogP contribution < -0.4 is 5.73 Å². The predicted molar refractivity (Wildman–Crippen MR) is 75.8 cm³/mol. The monoisotopic (exact) mass is 263 g/mol. The zero-order valence-electron chi connectivity index (χ0n) is 11.4. The van der Waals surface area contributed by atoms with Gasteiger partial charge in [0.05, 0.1) is 30.5 Å². The molecule has 0 amide bonds. The molecule has 0 radical (unpaired) electrons. The Morgan fingerprint density at radius 1 is 1.37 bits per heavy atom. The van der Waals surface area contributed by atoms with Gasteiger partial charge in [0, 0.05) is 6.42 Å². The normalized spacial score (nSPS) is 13.3. The number of aromatic nitrogens is 2. The number of nitrogen functional groups attached to an aromatic ring is 1. The molecule has 2 rings (SSSR count). The van der Waals surface area contributed by atoms with Crippen LogP contribution in [-0.4, -0.2) is 32.5 Å². The van der Waals surface area contributed by atoms with Crippen LogP contribution in [0.25, 0.3) is 11.0 Å². The van der Waals surface area contributed by atoms with Crippen molar-refractivity contribution in [1.29, 1.82) is 0 Å². The lowest BCUT2D eigenvalue weighted by atomic mass is 10.1. The van der Waals surface area contributed by atoms with Crippen LogP contribution in [0.3, 0.4) is 0 Å². The topological polar surface area (TPSA) is 84.3 Å². The molecule has 19 heavy (non-hydrogen) atoms. The van der Waals surface area contributed by atoms with E-state index in [9.17, 15) is 5.11 Å². The third-order valence-electron chi connectivity index (χ3n) is 3.08. The summed E-state index contributed by atoms with van der Waals surface area (Å²) in [6.45, 7) is 4.31. The van der Waals surface area contributed by atoms with Gasteiger partial charge < -0.3 is 20.5 Å². The van der Waals surface area contributed by atoms with Gasteiger partial charge in [-0.3, -0.25) is 0 Å². The van der Waals surface area contributed by atoms with E-state index in [1.54, 1.807) is 0 Å². The van der Waals surface area contributed by atoms with E-state index in [0.29, 0.717) is 18.2 Å². The van der Waals surface area contributed by atoms with Gasteiger partial charge >= 0.3 is 0 Å². The third kappa shape index (κ3) is 2.88. The van der Waals surface area contributed by atoms with Gasteiger partial charge in [-0.05, 0) is 18.1 Å². The van der Waals surface area contributed by atoms with E-state index in [1.807, 2.05) is 22.8 Å². The zero-order valence-corrected chi connectivity index (χ0v) is 11.4. The predicted octanol–water partition coefficient (Wildman–Crippen LogP) is 1.17. The molecule has 0 saturated heterocycles. The van der Waals surface area contributed by atoms with Crippen LogP contribution in [-0.2, 0) is 13.0 Å². The zero-order chi connectivity index (χ0) is 14.0. The minimum absolute atomic E-state index is 0.261. The van der Waals surface area contributed by atoms with Crippen LogP contribution in [0.4, 0.5) is 5.69 Å². The van der Waals surface area contributed by atoms with Gasteiger partial charge in [-0.1, -0.05) is 19.9 Å². The molecule has 1 heterocycles. The summed E-state index contributed by atoms with van der Waals surface area (Å²) in [5.41, 5.74) is 8.26. The van der Waals surface area contributed by atoms with Gasteiger partial charge in [0.1, 0.15) is 11.3 Å². The number of nitrogens with two attached hydrogens (primary N) is 1. The number of para-hydroxylation sites is 1. The highest BCUT2D eigenvalue weighted by atomic mass is 16.3. The number of benzene rings is 1. The quantitative estimate of drug-likeness (QED) is 0.707. The van der Waals surface area contributed by atoms with Crippen LogP contribution in [0.15, 0.2) is 18.2 Å². The van der Waals surface area contributed by atoms with Crippen molar-refractivity contribution in [2.45, 2.75) is 32.9 Å². The molecular weight excluding hydrogens is 242 g/mol. The van der Waals surface area contributed by atoms with E-state index in [1.165, 1.54) is 0 Å². The van der Waals surface area contributed by atoms with Gasteiger partial charge in [0.15, 0.2) is 0 Å². The third-order valence-corrected chi connectivity index (χ3v) is 3.08. The molecule has 5 nitrogen and oxygen atoms in total. The molecule has 1 aromatic carbocycles. The maximum absolute atomic E-state index is 9.69. The lowest BCUT2D eigenvalue weighted by molar-refractivity contribution is 0.0813. The molecule has 1 atom stereocenters. The summed E-state index contributed by atoms with van der Waals surface area (Å²) in [5, 5.41) is 18.7. The lowest BCUT2D eigenvalue weighted by Gasteiger charge is -2.13. The van der Waals surface area contributed by atoms with E-state index >= 15 is 0 Å². The Bertz CT molecular complexity index is 563. The van der Waals surface area contributed by atoms with Crippen molar-refractivity contribution < 1.29 is 10.2 Å². The van der Waals surface area contributed by atoms with Crippen molar-refractivity contribution in [1.82, 2.24) is 9.55 Å². The van der Waals surface area contributed by atoms with Gasteiger partial charge in [0.2, 0.25) is 0 Å². The second-order valence-electron chi connectivity index (χ2n) is 5.29.